The summed E-state index contributed by atoms with van der Waals surface area (Å²) in [5.41, 5.74) is 0.887. The van der Waals surface area contributed by atoms with E-state index in [9.17, 15) is 8.78 Å². The van der Waals surface area contributed by atoms with Gasteiger partial charge in [0.2, 0.25) is 0 Å². The number of hydrogen-bond acceptors (Lipinski definition) is 4. The van der Waals surface area contributed by atoms with Crippen molar-refractivity contribution in [2.45, 2.75) is 26.1 Å². The van der Waals surface area contributed by atoms with Crippen LogP contribution in [0.5, 0.6) is 11.5 Å². The van der Waals surface area contributed by atoms with Gasteiger partial charge >= 0.3 is 6.61 Å². The van der Waals surface area contributed by atoms with Gasteiger partial charge in [0.15, 0.2) is 11.5 Å². The summed E-state index contributed by atoms with van der Waals surface area (Å²) in [5, 5.41) is 3.25. The molecule has 1 unspecified atom stereocenters. The highest BCUT2D eigenvalue weighted by atomic mass is 79.9. The molecule has 0 saturated carbocycles. The number of nitrogens with one attached hydrogen (secondary N) is 1. The molecule has 0 radical (unpaired) electrons. The van der Waals surface area contributed by atoms with Gasteiger partial charge in [-0.1, -0.05) is 0 Å². The van der Waals surface area contributed by atoms with Gasteiger partial charge in [0.05, 0.1) is 18.2 Å². The monoisotopic (exact) mass is 353 g/mol. The molecule has 1 aromatic carbocycles. The molecule has 0 aromatic heterocycles. The van der Waals surface area contributed by atoms with Gasteiger partial charge in [0.1, 0.15) is 0 Å². The number of halogens is 3. The summed E-state index contributed by atoms with van der Waals surface area (Å²) >= 11 is 3.21. The quantitative estimate of drug-likeness (QED) is 0.779. The molecule has 0 amide bonds. The Balaban J connectivity index is 2.82. The number of methoxy groups -OCH3 is 2. The Morgan fingerprint density at radius 3 is 2.55 bits per heavy atom. The molecule has 4 nitrogen and oxygen atoms in total. The summed E-state index contributed by atoms with van der Waals surface area (Å²) in [7, 11) is 3.04. The normalized spacial score (nSPS) is 12.6. The first-order valence-corrected chi connectivity index (χ1v) is 6.80. The van der Waals surface area contributed by atoms with Crippen molar-refractivity contribution < 1.29 is 23.0 Å². The van der Waals surface area contributed by atoms with Crippen molar-refractivity contribution >= 4 is 15.9 Å². The van der Waals surface area contributed by atoms with E-state index in [2.05, 4.69) is 26.0 Å². The Hall–Kier alpha value is -0.920. The van der Waals surface area contributed by atoms with E-state index in [1.165, 1.54) is 7.11 Å². The molecule has 0 fully saturated rings. The van der Waals surface area contributed by atoms with Crippen molar-refractivity contribution in [3.05, 3.63) is 22.2 Å². The molecular weight excluding hydrogens is 336 g/mol. The predicted molar refractivity (Wildman–Crippen MR) is 75.5 cm³/mol. The lowest BCUT2D eigenvalue weighted by Crippen LogP contribution is -2.29. The van der Waals surface area contributed by atoms with E-state index in [4.69, 9.17) is 9.47 Å². The minimum Gasteiger partial charge on any atom is -0.493 e. The van der Waals surface area contributed by atoms with Crippen LogP contribution < -0.4 is 14.8 Å². The molecule has 114 valence electrons. The van der Waals surface area contributed by atoms with Gasteiger partial charge in [-0.2, -0.15) is 8.78 Å². The fraction of sp³-hybridized carbons (Fsp3) is 0.538. The predicted octanol–water partition coefficient (Wildman–Crippen LogP) is 3.18. The smallest absolute Gasteiger partial charge is 0.387 e. The van der Waals surface area contributed by atoms with Crippen LogP contribution in [-0.4, -0.2) is 33.5 Å². The summed E-state index contributed by atoms with van der Waals surface area (Å²) in [4.78, 5) is 0. The third-order valence-electron chi connectivity index (χ3n) is 2.57. The highest BCUT2D eigenvalue weighted by Crippen LogP contribution is 2.37. The lowest BCUT2D eigenvalue weighted by Gasteiger charge is -2.16. The topological polar surface area (TPSA) is 39.7 Å². The van der Waals surface area contributed by atoms with E-state index < -0.39 is 6.61 Å². The van der Waals surface area contributed by atoms with Gasteiger partial charge in [0, 0.05) is 19.7 Å². The first kappa shape index (κ1) is 17.1. The SMILES string of the molecule is COCC(C)NCc1cc(Br)c(OC(F)F)c(OC)c1. The fourth-order valence-electron chi connectivity index (χ4n) is 1.68. The highest BCUT2D eigenvalue weighted by molar-refractivity contribution is 9.10. The highest BCUT2D eigenvalue weighted by Gasteiger charge is 2.16. The van der Waals surface area contributed by atoms with Gasteiger partial charge in [-0.15, -0.1) is 0 Å². The molecule has 1 N–H and O–H groups in total. The number of benzene rings is 1. The molecule has 7 heteroatoms. The largest absolute Gasteiger partial charge is 0.493 e. The maximum absolute atomic E-state index is 12.3. The van der Waals surface area contributed by atoms with E-state index in [1.807, 2.05) is 6.92 Å². The Bertz CT molecular complexity index is 432. The molecule has 0 spiro atoms. The van der Waals surface area contributed by atoms with Crippen LogP contribution in [0, 0.1) is 0 Å². The standard InChI is InChI=1S/C13H18BrF2NO3/c1-8(7-18-2)17-6-9-4-10(14)12(20-13(15)16)11(5-9)19-3/h4-5,8,13,17H,6-7H2,1-3H3. The molecule has 1 aromatic rings. The molecule has 20 heavy (non-hydrogen) atoms. The molecule has 0 heterocycles. The van der Waals surface area contributed by atoms with Crippen LogP contribution in [0.1, 0.15) is 12.5 Å². The fourth-order valence-corrected chi connectivity index (χ4v) is 2.26. The Morgan fingerprint density at radius 1 is 1.30 bits per heavy atom. The number of ether oxygens (including phenoxy) is 3. The summed E-state index contributed by atoms with van der Waals surface area (Å²) < 4.78 is 39.6. The third kappa shape index (κ3) is 5.22. The molecule has 0 bridgehead atoms. The number of hydrogen-bond donors (Lipinski definition) is 1. The molecule has 0 saturated heterocycles. The van der Waals surface area contributed by atoms with E-state index in [0.717, 1.165) is 5.56 Å². The summed E-state index contributed by atoms with van der Waals surface area (Å²) in [5.74, 6) is 0.257. The van der Waals surface area contributed by atoms with Gasteiger partial charge < -0.3 is 19.5 Å². The summed E-state index contributed by atoms with van der Waals surface area (Å²) in [6.07, 6.45) is 0. The van der Waals surface area contributed by atoms with E-state index >= 15 is 0 Å². The second-order valence-electron chi connectivity index (χ2n) is 4.22. The maximum Gasteiger partial charge on any atom is 0.387 e. The Kier molecular flexibility index (Phi) is 7.18. The number of rotatable bonds is 8. The average molecular weight is 354 g/mol. The van der Waals surface area contributed by atoms with Crippen LogP contribution in [0.15, 0.2) is 16.6 Å². The van der Waals surface area contributed by atoms with Crippen LogP contribution in [-0.2, 0) is 11.3 Å². The van der Waals surface area contributed by atoms with Crippen LogP contribution >= 0.6 is 15.9 Å². The van der Waals surface area contributed by atoms with Crippen LogP contribution in [0.25, 0.3) is 0 Å². The van der Waals surface area contributed by atoms with Crippen LogP contribution in [0.3, 0.4) is 0 Å². The molecule has 0 aliphatic rings. The van der Waals surface area contributed by atoms with E-state index in [1.54, 1.807) is 19.2 Å². The number of alkyl halides is 2. The average Bonchev–Trinajstić information content (AvgIpc) is 2.38. The first-order valence-electron chi connectivity index (χ1n) is 6.01. The van der Waals surface area contributed by atoms with Crippen molar-refractivity contribution in [1.29, 1.82) is 0 Å². The lowest BCUT2D eigenvalue weighted by molar-refractivity contribution is -0.0517. The van der Waals surface area contributed by atoms with Crippen molar-refractivity contribution in [2.75, 3.05) is 20.8 Å². The van der Waals surface area contributed by atoms with Crippen molar-refractivity contribution in [3.63, 3.8) is 0 Å². The molecule has 0 aliphatic carbocycles. The van der Waals surface area contributed by atoms with Gasteiger partial charge in [-0.3, -0.25) is 0 Å². The molecule has 1 rings (SSSR count). The summed E-state index contributed by atoms with van der Waals surface area (Å²) in [6, 6.07) is 3.56. The van der Waals surface area contributed by atoms with Crippen molar-refractivity contribution in [3.8, 4) is 11.5 Å². The lowest BCUT2D eigenvalue weighted by atomic mass is 10.2. The second kappa shape index (κ2) is 8.39. The summed E-state index contributed by atoms with van der Waals surface area (Å²) in [6.45, 7) is 0.245. The minimum absolute atomic E-state index is 0.00353. The van der Waals surface area contributed by atoms with Gasteiger partial charge in [0.25, 0.3) is 0 Å². The van der Waals surface area contributed by atoms with Gasteiger partial charge in [-0.05, 0) is 40.5 Å². The van der Waals surface area contributed by atoms with Crippen LogP contribution in [0.4, 0.5) is 8.78 Å². The van der Waals surface area contributed by atoms with E-state index in [0.29, 0.717) is 17.6 Å². The van der Waals surface area contributed by atoms with Crippen molar-refractivity contribution in [1.82, 2.24) is 5.32 Å². The molecular formula is C13H18BrF2NO3. The zero-order chi connectivity index (χ0) is 15.1. The third-order valence-corrected chi connectivity index (χ3v) is 3.16. The molecule has 1 atom stereocenters. The first-order chi connectivity index (χ1) is 9.47. The Labute approximate surface area is 125 Å². The Morgan fingerprint density at radius 2 is 2.00 bits per heavy atom. The van der Waals surface area contributed by atoms with Crippen molar-refractivity contribution in [2.24, 2.45) is 0 Å². The zero-order valence-corrected chi connectivity index (χ0v) is 13.2. The minimum atomic E-state index is -2.90. The maximum atomic E-state index is 12.3. The van der Waals surface area contributed by atoms with E-state index in [-0.39, 0.29) is 17.5 Å². The zero-order valence-electron chi connectivity index (χ0n) is 11.6. The molecule has 0 aliphatic heterocycles. The second-order valence-corrected chi connectivity index (χ2v) is 5.08. The van der Waals surface area contributed by atoms with Crippen LogP contribution in [0.2, 0.25) is 0 Å². The van der Waals surface area contributed by atoms with Gasteiger partial charge in [-0.25, -0.2) is 0 Å².